The number of benzene rings is 1. The molecule has 1 aliphatic heterocycles. The Morgan fingerprint density at radius 2 is 2.00 bits per heavy atom. The highest BCUT2D eigenvalue weighted by Crippen LogP contribution is 2.29. The molecule has 0 saturated heterocycles. The van der Waals surface area contributed by atoms with E-state index in [-0.39, 0.29) is 24.7 Å². The summed E-state index contributed by atoms with van der Waals surface area (Å²) in [5.41, 5.74) is 0.981. The van der Waals surface area contributed by atoms with Crippen molar-refractivity contribution >= 4 is 17.7 Å². The number of allylic oxidation sites excluding steroid dienone is 1. The number of methoxy groups -OCH3 is 1. The van der Waals surface area contributed by atoms with E-state index in [1.165, 1.54) is 13.2 Å². The van der Waals surface area contributed by atoms with E-state index in [4.69, 9.17) is 14.2 Å². The highest BCUT2D eigenvalue weighted by molar-refractivity contribution is 6.03. The van der Waals surface area contributed by atoms with Crippen LogP contribution in [0.25, 0.3) is 5.76 Å². The van der Waals surface area contributed by atoms with Crippen LogP contribution in [-0.4, -0.2) is 37.4 Å². The Hall–Kier alpha value is -2.60. The maximum Gasteiger partial charge on any atom is 0.344 e. The minimum atomic E-state index is -0.709. The van der Waals surface area contributed by atoms with Gasteiger partial charge in [0.2, 0.25) is 0 Å². The zero-order chi connectivity index (χ0) is 15.2. The number of carbonyl (C=O) groups excluding carboxylic acids is 2. The Bertz CT molecular complexity index is 614. The van der Waals surface area contributed by atoms with Crippen LogP contribution >= 0.6 is 0 Å². The summed E-state index contributed by atoms with van der Waals surface area (Å²) < 4.78 is 14.5. The molecule has 1 aromatic carbocycles. The van der Waals surface area contributed by atoms with E-state index in [2.05, 4.69) is 0 Å². The second-order valence-corrected chi connectivity index (χ2v) is 4.17. The monoisotopic (exact) mass is 290 g/mol. The smallest absolute Gasteiger partial charge is 0.344 e. The first-order chi connectivity index (χ1) is 10.1. The number of hydrogen-bond donors (Lipinski definition) is 1. The Balaban J connectivity index is 2.10. The van der Waals surface area contributed by atoms with Crippen molar-refractivity contribution in [3.05, 3.63) is 53.3 Å². The summed E-state index contributed by atoms with van der Waals surface area (Å²) in [7, 11) is 1.48. The van der Waals surface area contributed by atoms with Crippen LogP contribution in [0.3, 0.4) is 0 Å². The van der Waals surface area contributed by atoms with Crippen LogP contribution in [0.2, 0.25) is 0 Å². The molecule has 0 aromatic heterocycles. The molecule has 110 valence electrons. The number of fused-ring (bicyclic) bond motifs is 1. The molecule has 1 heterocycles. The summed E-state index contributed by atoms with van der Waals surface area (Å²) >= 11 is 0. The summed E-state index contributed by atoms with van der Waals surface area (Å²) in [5, 5.41) is 9.71. The fourth-order valence-electron chi connectivity index (χ4n) is 1.76. The van der Waals surface area contributed by atoms with Gasteiger partial charge in [-0.3, -0.25) is 0 Å². The normalized spacial score (nSPS) is 15.8. The molecule has 1 aromatic rings. The summed E-state index contributed by atoms with van der Waals surface area (Å²) in [6.07, 6.45) is 2.10. The maximum atomic E-state index is 11.6. The molecule has 1 N–H and O–H groups in total. The van der Waals surface area contributed by atoms with Crippen molar-refractivity contribution in [2.45, 2.75) is 0 Å². The first-order valence-corrected chi connectivity index (χ1v) is 6.21. The van der Waals surface area contributed by atoms with Crippen LogP contribution in [0.15, 0.2) is 42.2 Å². The van der Waals surface area contributed by atoms with E-state index < -0.39 is 11.9 Å². The van der Waals surface area contributed by atoms with Crippen LogP contribution in [-0.2, 0) is 19.0 Å². The predicted molar refractivity (Wildman–Crippen MR) is 73.4 cm³/mol. The van der Waals surface area contributed by atoms with Gasteiger partial charge in [0.05, 0.1) is 18.2 Å². The van der Waals surface area contributed by atoms with Crippen LogP contribution < -0.4 is 0 Å². The minimum absolute atomic E-state index is 0.0908. The third-order valence-corrected chi connectivity index (χ3v) is 2.69. The van der Waals surface area contributed by atoms with Crippen LogP contribution in [0, 0.1) is 0 Å². The van der Waals surface area contributed by atoms with E-state index >= 15 is 0 Å². The van der Waals surface area contributed by atoms with E-state index in [0.29, 0.717) is 11.1 Å². The molecule has 6 nitrogen and oxygen atoms in total. The van der Waals surface area contributed by atoms with Crippen LogP contribution in [0.1, 0.15) is 15.9 Å². The highest BCUT2D eigenvalue weighted by Gasteiger charge is 2.25. The molecule has 0 saturated carbocycles. The van der Waals surface area contributed by atoms with Gasteiger partial charge < -0.3 is 19.3 Å². The Morgan fingerprint density at radius 3 is 2.71 bits per heavy atom. The van der Waals surface area contributed by atoms with Crippen molar-refractivity contribution in [1.29, 1.82) is 0 Å². The second-order valence-electron chi connectivity index (χ2n) is 4.17. The first-order valence-electron chi connectivity index (χ1n) is 6.21. The van der Waals surface area contributed by atoms with Gasteiger partial charge in [-0.05, 0) is 6.07 Å². The molecule has 0 spiro atoms. The van der Waals surface area contributed by atoms with Crippen molar-refractivity contribution in [1.82, 2.24) is 0 Å². The van der Waals surface area contributed by atoms with Crippen molar-refractivity contribution < 1.29 is 28.9 Å². The van der Waals surface area contributed by atoms with Gasteiger partial charge in [0, 0.05) is 18.7 Å². The molecule has 0 aliphatic carbocycles. The van der Waals surface area contributed by atoms with Crippen LogP contribution in [0.4, 0.5) is 0 Å². The van der Waals surface area contributed by atoms with Crippen molar-refractivity contribution in [2.75, 3.05) is 20.3 Å². The number of hydrogen-bond acceptors (Lipinski definition) is 6. The van der Waals surface area contributed by atoms with Gasteiger partial charge in [0.25, 0.3) is 0 Å². The van der Waals surface area contributed by atoms with E-state index in [1.54, 1.807) is 24.3 Å². The Morgan fingerprint density at radius 1 is 1.29 bits per heavy atom. The molecular formula is C15H14O6. The van der Waals surface area contributed by atoms with Crippen molar-refractivity contribution in [2.24, 2.45) is 0 Å². The average Bonchev–Trinajstić information content (AvgIpc) is 2.76. The number of carbonyl (C=O) groups is 2. The molecular weight excluding hydrogens is 276 g/mol. The number of aliphatic hydroxyl groups excluding tert-OH is 1. The number of esters is 2. The summed E-state index contributed by atoms with van der Waals surface area (Å²) in [4.78, 5) is 22.9. The zero-order valence-corrected chi connectivity index (χ0v) is 11.4. The van der Waals surface area contributed by atoms with Crippen molar-refractivity contribution in [3.63, 3.8) is 0 Å². The third-order valence-electron chi connectivity index (χ3n) is 2.69. The van der Waals surface area contributed by atoms with Crippen molar-refractivity contribution in [3.8, 4) is 0 Å². The van der Waals surface area contributed by atoms with Gasteiger partial charge in [-0.25, -0.2) is 9.59 Å². The summed E-state index contributed by atoms with van der Waals surface area (Å²) in [5.74, 6) is -1.38. The standard InChI is InChI=1S/C15H14O6/c1-19-6-7-20-14(17)9-10(16)8-13-11-4-2-3-5-12(11)15(18)21-13/h2-5,8-9,16H,6-7H2,1H3/b10-9-,13-8-. The molecule has 0 unspecified atom stereocenters. The molecule has 0 atom stereocenters. The van der Waals surface area contributed by atoms with Crippen LogP contribution in [0.5, 0.6) is 0 Å². The molecule has 0 amide bonds. The number of rotatable bonds is 5. The molecule has 1 aliphatic rings. The van der Waals surface area contributed by atoms with E-state index in [1.807, 2.05) is 0 Å². The number of aliphatic hydroxyl groups is 1. The third kappa shape index (κ3) is 3.70. The van der Waals surface area contributed by atoms with Gasteiger partial charge >= 0.3 is 11.9 Å². The molecule has 0 fully saturated rings. The molecule has 0 radical (unpaired) electrons. The highest BCUT2D eigenvalue weighted by atomic mass is 16.6. The average molecular weight is 290 g/mol. The molecule has 6 heteroatoms. The van der Waals surface area contributed by atoms with Gasteiger partial charge in [-0.2, -0.15) is 0 Å². The molecule has 21 heavy (non-hydrogen) atoms. The first kappa shape index (κ1) is 14.8. The maximum absolute atomic E-state index is 11.6. The number of cyclic esters (lactones) is 1. The summed E-state index contributed by atoms with van der Waals surface area (Å²) in [6.45, 7) is 0.361. The summed E-state index contributed by atoms with van der Waals surface area (Å²) in [6, 6.07) is 6.77. The Kier molecular flexibility index (Phi) is 4.73. The quantitative estimate of drug-likeness (QED) is 0.385. The van der Waals surface area contributed by atoms with Gasteiger partial charge in [-0.1, -0.05) is 18.2 Å². The molecule has 0 bridgehead atoms. The predicted octanol–water partition coefficient (Wildman–Crippen LogP) is 1.83. The van der Waals surface area contributed by atoms with Gasteiger partial charge in [0.15, 0.2) is 0 Å². The lowest BCUT2D eigenvalue weighted by molar-refractivity contribution is -0.139. The van der Waals surface area contributed by atoms with Gasteiger partial charge in [-0.15, -0.1) is 0 Å². The molecule has 2 rings (SSSR count). The largest absolute Gasteiger partial charge is 0.508 e. The lowest BCUT2D eigenvalue weighted by atomic mass is 10.1. The second kappa shape index (κ2) is 6.71. The SMILES string of the molecule is COCCOC(=O)/C=C(O)/C=C1\OC(=O)c2ccccc21. The van der Waals surface area contributed by atoms with E-state index in [9.17, 15) is 14.7 Å². The zero-order valence-electron chi connectivity index (χ0n) is 11.4. The minimum Gasteiger partial charge on any atom is -0.508 e. The lowest BCUT2D eigenvalue weighted by Crippen LogP contribution is -2.07. The fraction of sp³-hybridized carbons (Fsp3) is 0.200. The van der Waals surface area contributed by atoms with E-state index in [0.717, 1.165) is 6.08 Å². The Labute approximate surface area is 121 Å². The fourth-order valence-corrected chi connectivity index (χ4v) is 1.76. The topological polar surface area (TPSA) is 82.1 Å². The number of ether oxygens (including phenoxy) is 3. The lowest BCUT2D eigenvalue weighted by Gasteiger charge is -2.01. The van der Waals surface area contributed by atoms with Gasteiger partial charge in [0.1, 0.15) is 18.1 Å².